The zero-order valence-electron chi connectivity index (χ0n) is 28.8. The number of hydrogen-bond donors (Lipinski definition) is 1. The van der Waals surface area contributed by atoms with Crippen LogP contribution >= 0.6 is 0 Å². The molecule has 0 spiro atoms. The Balaban J connectivity index is 1.28. The van der Waals surface area contributed by atoms with E-state index in [2.05, 4.69) is 80.4 Å². The second-order valence-electron chi connectivity index (χ2n) is 13.7. The third-order valence-electron chi connectivity index (χ3n) is 10.5. The first-order valence-corrected chi connectivity index (χ1v) is 17.9. The van der Waals surface area contributed by atoms with E-state index in [1.807, 2.05) is 35.7 Å². The summed E-state index contributed by atoms with van der Waals surface area (Å²) in [5.74, 6) is 2.16. The van der Waals surface area contributed by atoms with Gasteiger partial charge in [-0.3, -0.25) is 9.59 Å². The number of anilines is 1. The molecule has 6 rings (SSSR count). The van der Waals surface area contributed by atoms with Crippen molar-refractivity contribution in [3.8, 4) is 0 Å². The lowest BCUT2D eigenvalue weighted by Crippen LogP contribution is -2.39. The van der Waals surface area contributed by atoms with Gasteiger partial charge in [-0.1, -0.05) is 64.1 Å². The molecule has 1 aromatic carbocycles. The molecule has 2 aliphatic heterocycles. The van der Waals surface area contributed by atoms with Crippen molar-refractivity contribution in [1.29, 1.82) is 0 Å². The summed E-state index contributed by atoms with van der Waals surface area (Å²) in [4.78, 5) is 28.1. The van der Waals surface area contributed by atoms with Crippen molar-refractivity contribution < 1.29 is 9.59 Å². The van der Waals surface area contributed by atoms with Gasteiger partial charge in [0.05, 0.1) is 23.2 Å². The van der Waals surface area contributed by atoms with Gasteiger partial charge in [-0.05, 0) is 92.0 Å². The van der Waals surface area contributed by atoms with E-state index in [4.69, 9.17) is 5.10 Å². The summed E-state index contributed by atoms with van der Waals surface area (Å²) in [5.41, 5.74) is 13.1. The lowest BCUT2D eigenvalue weighted by Gasteiger charge is -2.33. The van der Waals surface area contributed by atoms with Crippen LogP contribution in [-0.2, 0) is 9.59 Å². The van der Waals surface area contributed by atoms with Crippen LogP contribution in [0.5, 0.6) is 0 Å². The normalized spacial score (nSPS) is 21.7. The fourth-order valence-corrected chi connectivity index (χ4v) is 7.56. The van der Waals surface area contributed by atoms with Gasteiger partial charge in [0.15, 0.2) is 5.78 Å². The molecule has 6 heteroatoms. The number of aromatic nitrogens is 2. The highest BCUT2D eigenvalue weighted by Gasteiger charge is 2.37. The molecular weight excluding hydrogens is 580 g/mol. The van der Waals surface area contributed by atoms with Crippen molar-refractivity contribution >= 4 is 40.3 Å². The molecular formula is C41H50N4O2. The van der Waals surface area contributed by atoms with Crippen LogP contribution in [0.15, 0.2) is 71.6 Å². The van der Waals surface area contributed by atoms with Gasteiger partial charge in [0.2, 0.25) is 5.91 Å². The molecule has 246 valence electrons. The molecule has 4 aliphatic rings. The van der Waals surface area contributed by atoms with Gasteiger partial charge in [0.1, 0.15) is 0 Å². The Bertz CT molecular complexity index is 1700. The SMILES string of the molecule is CCCC(=O)N1CCC(C2=C=Cc3c(C4=CC=C(c5ccc(NC(C)C6CC6C)cc5)CC=C4)cnn3C(CC)=C2C(=O)CC)CC1. The monoisotopic (exact) mass is 630 g/mol. The summed E-state index contributed by atoms with van der Waals surface area (Å²) < 4.78 is 1.97. The molecule has 47 heavy (non-hydrogen) atoms. The smallest absolute Gasteiger partial charge is 0.222 e. The average Bonchev–Trinajstić information content (AvgIpc) is 3.80. The zero-order valence-corrected chi connectivity index (χ0v) is 28.8. The number of likely N-dealkylation sites (tertiary alicyclic amines) is 1. The van der Waals surface area contributed by atoms with Crippen LogP contribution in [-0.4, -0.2) is 45.5 Å². The number of Topliss-reactive ketones (excluding diaryl/α,β-unsaturated/α-hetero) is 1. The number of carbonyl (C=O) groups excluding carboxylic acids is 2. The molecule has 2 aromatic rings. The molecule has 3 heterocycles. The molecule has 6 nitrogen and oxygen atoms in total. The Labute approximate surface area is 280 Å². The number of hydrogen-bond acceptors (Lipinski definition) is 4. The zero-order chi connectivity index (χ0) is 33.1. The maximum Gasteiger partial charge on any atom is 0.222 e. The molecule has 3 unspecified atom stereocenters. The average molecular weight is 631 g/mol. The Morgan fingerprint density at radius 2 is 1.83 bits per heavy atom. The lowest BCUT2D eigenvalue weighted by atomic mass is 9.82. The van der Waals surface area contributed by atoms with Gasteiger partial charge >= 0.3 is 0 Å². The van der Waals surface area contributed by atoms with Crippen LogP contribution < -0.4 is 5.32 Å². The summed E-state index contributed by atoms with van der Waals surface area (Å²) >= 11 is 0. The van der Waals surface area contributed by atoms with E-state index >= 15 is 0 Å². The molecule has 0 radical (unpaired) electrons. The summed E-state index contributed by atoms with van der Waals surface area (Å²) in [7, 11) is 0. The largest absolute Gasteiger partial charge is 0.382 e. The fourth-order valence-electron chi connectivity index (χ4n) is 7.56. The third-order valence-corrected chi connectivity index (χ3v) is 10.5. The van der Waals surface area contributed by atoms with E-state index in [1.54, 1.807) is 0 Å². The Morgan fingerprint density at radius 3 is 2.49 bits per heavy atom. The lowest BCUT2D eigenvalue weighted by molar-refractivity contribution is -0.132. The minimum absolute atomic E-state index is 0.131. The van der Waals surface area contributed by atoms with Crippen LogP contribution in [0, 0.1) is 17.8 Å². The second-order valence-corrected chi connectivity index (χ2v) is 13.7. The summed E-state index contributed by atoms with van der Waals surface area (Å²) in [5, 5.41) is 8.56. The van der Waals surface area contributed by atoms with Crippen molar-refractivity contribution in [2.24, 2.45) is 17.8 Å². The highest BCUT2D eigenvalue weighted by atomic mass is 16.2. The molecule has 1 N–H and O–H groups in total. The number of piperidine rings is 1. The van der Waals surface area contributed by atoms with Crippen LogP contribution in [0.1, 0.15) is 103 Å². The first-order chi connectivity index (χ1) is 22.8. The topological polar surface area (TPSA) is 67.2 Å². The number of benzene rings is 1. The third kappa shape index (κ3) is 6.94. The Kier molecular flexibility index (Phi) is 9.98. The molecule has 1 saturated carbocycles. The van der Waals surface area contributed by atoms with E-state index in [1.165, 1.54) is 23.2 Å². The number of carbonyl (C=O) groups is 2. The summed E-state index contributed by atoms with van der Waals surface area (Å²) in [6.45, 7) is 12.2. The maximum absolute atomic E-state index is 13.6. The van der Waals surface area contributed by atoms with E-state index in [9.17, 15) is 9.59 Å². The van der Waals surface area contributed by atoms with Crippen molar-refractivity contribution in [3.05, 3.63) is 88.5 Å². The Hall–Kier alpha value is -4.15. The van der Waals surface area contributed by atoms with Gasteiger partial charge in [-0.25, -0.2) is 4.68 Å². The van der Waals surface area contributed by atoms with Gasteiger partial charge in [-0.15, -0.1) is 5.73 Å². The molecule has 1 saturated heterocycles. The van der Waals surface area contributed by atoms with E-state index in [-0.39, 0.29) is 17.6 Å². The van der Waals surface area contributed by atoms with Crippen LogP contribution in [0.4, 0.5) is 5.69 Å². The second kappa shape index (κ2) is 14.3. The number of fused-ring (bicyclic) bond motifs is 1. The molecule has 0 bridgehead atoms. The number of ketones is 1. The number of rotatable bonds is 11. The van der Waals surface area contributed by atoms with E-state index < -0.39 is 0 Å². The fraction of sp³-hybridized carbons (Fsp3) is 0.463. The molecule has 1 amide bonds. The molecule has 2 aliphatic carbocycles. The summed E-state index contributed by atoms with van der Waals surface area (Å²) in [6, 6.07) is 9.35. The van der Waals surface area contributed by atoms with Gasteiger partial charge in [-0.2, -0.15) is 5.10 Å². The van der Waals surface area contributed by atoms with Crippen molar-refractivity contribution in [2.75, 3.05) is 18.4 Å². The predicted octanol–water partition coefficient (Wildman–Crippen LogP) is 8.96. The first-order valence-electron chi connectivity index (χ1n) is 17.9. The summed E-state index contributed by atoms with van der Waals surface area (Å²) in [6.07, 6.45) is 19.2. The molecule has 3 atom stereocenters. The van der Waals surface area contributed by atoms with Crippen LogP contribution in [0.25, 0.3) is 22.9 Å². The van der Waals surface area contributed by atoms with E-state index in [0.29, 0.717) is 25.3 Å². The molecule has 1 aromatic heterocycles. The van der Waals surface area contributed by atoms with Crippen LogP contribution in [0.2, 0.25) is 0 Å². The number of nitrogens with zero attached hydrogens (tertiary/aromatic N) is 3. The minimum atomic E-state index is 0.131. The highest BCUT2D eigenvalue weighted by molar-refractivity contribution is 6.05. The van der Waals surface area contributed by atoms with Crippen molar-refractivity contribution in [1.82, 2.24) is 14.7 Å². The van der Waals surface area contributed by atoms with Crippen LogP contribution in [0.3, 0.4) is 0 Å². The Morgan fingerprint density at radius 1 is 1.09 bits per heavy atom. The number of nitrogens with one attached hydrogen (secondary N) is 1. The minimum Gasteiger partial charge on any atom is -0.382 e. The predicted molar refractivity (Wildman–Crippen MR) is 193 cm³/mol. The number of amides is 1. The van der Waals surface area contributed by atoms with Crippen molar-refractivity contribution in [2.45, 2.75) is 92.0 Å². The van der Waals surface area contributed by atoms with Gasteiger partial charge in [0.25, 0.3) is 0 Å². The molecule has 2 fully saturated rings. The van der Waals surface area contributed by atoms with Gasteiger partial charge < -0.3 is 10.2 Å². The van der Waals surface area contributed by atoms with Gasteiger partial charge in [0, 0.05) is 54.9 Å². The first kappa shape index (κ1) is 32.8. The number of allylic oxidation sites excluding steroid dienone is 9. The standard InChI is InChI=1S/C41H50N4O2/c1-6-10-40(47)44-23-21-32(22-24-44)34-19-20-38-36(26-42-45(38)37(7-2)41(34)39(46)8-3)31-12-9-11-29(13-14-31)30-15-17-33(18-16-30)43-28(5)35-25-27(35)4/h9,12-18,20,26-28,32,35,43H,6-8,10-11,21-25H2,1-5H3. The highest BCUT2D eigenvalue weighted by Crippen LogP contribution is 2.42. The van der Waals surface area contributed by atoms with Crippen molar-refractivity contribution in [3.63, 3.8) is 0 Å². The quantitative estimate of drug-likeness (QED) is 0.252. The van der Waals surface area contributed by atoms with E-state index in [0.717, 1.165) is 84.3 Å². The maximum atomic E-state index is 13.6.